The minimum Gasteiger partial charge on any atom is -0.340 e. The van der Waals surface area contributed by atoms with Crippen LogP contribution in [0.4, 0.5) is 15.9 Å². The minimum absolute atomic E-state index is 0. The lowest BCUT2D eigenvalue weighted by Gasteiger charge is -2.05. The number of hydrogen-bond donors (Lipinski definition) is 1. The van der Waals surface area contributed by atoms with Crippen molar-refractivity contribution in [2.75, 3.05) is 5.32 Å². The first-order valence-corrected chi connectivity index (χ1v) is 6.28. The first-order valence-electron chi connectivity index (χ1n) is 5.46. The topological polar surface area (TPSA) is 37.8 Å². The highest BCUT2D eigenvalue weighted by Crippen LogP contribution is 2.29. The van der Waals surface area contributed by atoms with Gasteiger partial charge in [0.05, 0.1) is 5.39 Å². The van der Waals surface area contributed by atoms with E-state index < -0.39 is 0 Å². The Morgan fingerprint density at radius 1 is 1.16 bits per heavy atom. The van der Waals surface area contributed by atoms with E-state index in [2.05, 4.69) is 15.3 Å². The Hall–Kier alpha value is -1.72. The van der Waals surface area contributed by atoms with Crippen LogP contribution < -0.4 is 5.32 Å². The van der Waals surface area contributed by atoms with Gasteiger partial charge in [-0.1, -0.05) is 0 Å². The number of anilines is 2. The van der Waals surface area contributed by atoms with Crippen LogP contribution in [0.15, 0.2) is 36.7 Å². The summed E-state index contributed by atoms with van der Waals surface area (Å²) in [6, 6.07) is 8.25. The van der Waals surface area contributed by atoms with Crippen molar-refractivity contribution < 1.29 is 4.39 Å². The van der Waals surface area contributed by atoms with E-state index >= 15 is 0 Å². The van der Waals surface area contributed by atoms with E-state index in [0.29, 0.717) is 0 Å². The van der Waals surface area contributed by atoms with Crippen molar-refractivity contribution in [1.82, 2.24) is 9.97 Å². The number of benzene rings is 1. The van der Waals surface area contributed by atoms with Crippen LogP contribution in [-0.2, 0) is 0 Å². The molecular weight excluding hydrogens is 285 g/mol. The first-order chi connectivity index (χ1) is 8.72. The van der Waals surface area contributed by atoms with Gasteiger partial charge in [0, 0.05) is 10.6 Å². The molecule has 0 saturated carbocycles. The Labute approximate surface area is 119 Å². The summed E-state index contributed by atoms with van der Waals surface area (Å²) in [5.41, 5.74) is 0.806. The molecule has 6 heteroatoms. The van der Waals surface area contributed by atoms with E-state index in [1.807, 2.05) is 13.0 Å². The number of rotatable bonds is 2. The molecule has 3 rings (SSSR count). The SMILES string of the molecule is Cc1cc2c(Nc3ccc(F)cc3)ncnc2s1.Cl. The molecule has 2 heterocycles. The number of hydrogen-bond acceptors (Lipinski definition) is 4. The summed E-state index contributed by atoms with van der Waals surface area (Å²) in [4.78, 5) is 10.6. The van der Waals surface area contributed by atoms with Gasteiger partial charge in [-0.3, -0.25) is 0 Å². The maximum Gasteiger partial charge on any atom is 0.142 e. The van der Waals surface area contributed by atoms with E-state index in [1.165, 1.54) is 23.3 Å². The Balaban J connectivity index is 0.00000133. The molecule has 3 aromatic rings. The summed E-state index contributed by atoms with van der Waals surface area (Å²) in [5, 5.41) is 4.17. The maximum absolute atomic E-state index is 12.8. The average Bonchev–Trinajstić information content (AvgIpc) is 2.73. The zero-order valence-corrected chi connectivity index (χ0v) is 11.7. The molecule has 0 unspecified atom stereocenters. The maximum atomic E-state index is 12.8. The first kappa shape index (κ1) is 13.7. The van der Waals surface area contributed by atoms with Gasteiger partial charge in [-0.25, -0.2) is 14.4 Å². The predicted octanol–water partition coefficient (Wildman–Crippen LogP) is 4.30. The van der Waals surface area contributed by atoms with Gasteiger partial charge in [-0.15, -0.1) is 23.7 Å². The van der Waals surface area contributed by atoms with Crippen LogP contribution in [0.25, 0.3) is 10.2 Å². The Morgan fingerprint density at radius 2 is 1.89 bits per heavy atom. The normalized spacial score (nSPS) is 10.2. The molecule has 98 valence electrons. The van der Waals surface area contributed by atoms with Crippen LogP contribution in [0.3, 0.4) is 0 Å². The largest absolute Gasteiger partial charge is 0.340 e. The van der Waals surface area contributed by atoms with Crippen LogP contribution in [0.5, 0.6) is 0 Å². The molecule has 1 aromatic carbocycles. The third-order valence-electron chi connectivity index (χ3n) is 2.56. The molecule has 0 radical (unpaired) electrons. The summed E-state index contributed by atoms with van der Waals surface area (Å²) >= 11 is 1.63. The molecule has 1 N–H and O–H groups in total. The number of nitrogens with zero attached hydrogens (tertiary/aromatic N) is 2. The fourth-order valence-electron chi connectivity index (χ4n) is 1.75. The zero-order valence-electron chi connectivity index (χ0n) is 10.1. The quantitative estimate of drug-likeness (QED) is 0.766. The lowest BCUT2D eigenvalue weighted by atomic mass is 10.3. The Kier molecular flexibility index (Phi) is 3.97. The number of halogens is 2. The number of aromatic nitrogens is 2. The lowest BCUT2D eigenvalue weighted by Crippen LogP contribution is -1.94. The van der Waals surface area contributed by atoms with Gasteiger partial charge in [0.25, 0.3) is 0 Å². The van der Waals surface area contributed by atoms with Crippen LogP contribution in [0.1, 0.15) is 4.88 Å². The summed E-state index contributed by atoms with van der Waals surface area (Å²) in [7, 11) is 0. The highest BCUT2D eigenvalue weighted by molar-refractivity contribution is 7.18. The lowest BCUT2D eigenvalue weighted by molar-refractivity contribution is 0.628. The summed E-state index contributed by atoms with van der Waals surface area (Å²) in [6.45, 7) is 2.04. The molecule has 0 aliphatic carbocycles. The summed E-state index contributed by atoms with van der Waals surface area (Å²) < 4.78 is 12.8. The van der Waals surface area contributed by atoms with Gasteiger partial charge < -0.3 is 5.32 Å². The highest BCUT2D eigenvalue weighted by Gasteiger charge is 2.06. The van der Waals surface area contributed by atoms with Crippen LogP contribution >= 0.6 is 23.7 Å². The molecular formula is C13H11ClFN3S. The number of nitrogens with one attached hydrogen (secondary N) is 1. The van der Waals surface area contributed by atoms with Gasteiger partial charge >= 0.3 is 0 Å². The van der Waals surface area contributed by atoms with E-state index in [1.54, 1.807) is 23.5 Å². The van der Waals surface area contributed by atoms with Gasteiger partial charge in [0.15, 0.2) is 0 Å². The van der Waals surface area contributed by atoms with E-state index in [-0.39, 0.29) is 18.2 Å². The van der Waals surface area contributed by atoms with Crippen molar-refractivity contribution in [3.8, 4) is 0 Å². The van der Waals surface area contributed by atoms with Gasteiger partial charge in [-0.2, -0.15) is 0 Å². The minimum atomic E-state index is -0.250. The Morgan fingerprint density at radius 3 is 2.63 bits per heavy atom. The van der Waals surface area contributed by atoms with Gasteiger partial charge in [0.1, 0.15) is 22.8 Å². The standard InChI is InChI=1S/C13H10FN3S.ClH/c1-8-6-11-12(15-7-16-13(11)18-8)17-10-4-2-9(14)3-5-10;/h2-7H,1H3,(H,15,16,17);1H. The molecule has 0 spiro atoms. The van der Waals surface area contributed by atoms with Crippen molar-refractivity contribution in [3.63, 3.8) is 0 Å². The molecule has 0 bridgehead atoms. The second kappa shape index (κ2) is 5.50. The fraction of sp³-hybridized carbons (Fsp3) is 0.0769. The van der Waals surface area contributed by atoms with Crippen LogP contribution in [0.2, 0.25) is 0 Å². The number of thiophene rings is 1. The van der Waals surface area contributed by atoms with Crippen molar-refractivity contribution in [1.29, 1.82) is 0 Å². The zero-order chi connectivity index (χ0) is 12.5. The van der Waals surface area contributed by atoms with Gasteiger partial charge in [0.2, 0.25) is 0 Å². The van der Waals surface area contributed by atoms with Crippen LogP contribution in [-0.4, -0.2) is 9.97 Å². The highest BCUT2D eigenvalue weighted by atomic mass is 35.5. The fourth-order valence-corrected chi connectivity index (χ4v) is 2.59. The second-order valence-electron chi connectivity index (χ2n) is 3.93. The third kappa shape index (κ3) is 2.83. The molecule has 0 amide bonds. The van der Waals surface area contributed by atoms with Gasteiger partial charge in [-0.05, 0) is 37.3 Å². The Bertz CT molecular complexity index is 697. The molecule has 0 saturated heterocycles. The number of aryl methyl sites for hydroxylation is 1. The molecule has 0 atom stereocenters. The van der Waals surface area contributed by atoms with Crippen molar-refractivity contribution >= 4 is 45.5 Å². The molecule has 2 aromatic heterocycles. The van der Waals surface area contributed by atoms with Crippen molar-refractivity contribution in [2.45, 2.75) is 6.92 Å². The van der Waals surface area contributed by atoms with E-state index in [4.69, 9.17) is 0 Å². The smallest absolute Gasteiger partial charge is 0.142 e. The third-order valence-corrected chi connectivity index (χ3v) is 3.52. The average molecular weight is 296 g/mol. The molecule has 0 fully saturated rings. The summed E-state index contributed by atoms with van der Waals surface area (Å²) in [6.07, 6.45) is 1.53. The monoisotopic (exact) mass is 295 g/mol. The molecule has 0 aliphatic heterocycles. The second-order valence-corrected chi connectivity index (χ2v) is 5.16. The molecule has 0 aliphatic rings. The molecule has 19 heavy (non-hydrogen) atoms. The number of fused-ring (bicyclic) bond motifs is 1. The van der Waals surface area contributed by atoms with Crippen LogP contribution in [0, 0.1) is 12.7 Å². The van der Waals surface area contributed by atoms with E-state index in [0.717, 1.165) is 21.7 Å². The molecule has 3 nitrogen and oxygen atoms in total. The van der Waals surface area contributed by atoms with Crippen molar-refractivity contribution in [2.24, 2.45) is 0 Å². The summed E-state index contributed by atoms with van der Waals surface area (Å²) in [5.74, 6) is 0.496. The predicted molar refractivity (Wildman–Crippen MR) is 79.1 cm³/mol. The van der Waals surface area contributed by atoms with Crippen molar-refractivity contribution in [3.05, 3.63) is 47.4 Å². The van der Waals surface area contributed by atoms with E-state index in [9.17, 15) is 4.39 Å².